The lowest BCUT2D eigenvalue weighted by Crippen LogP contribution is -2.21. The molecule has 1 aliphatic rings. The van der Waals surface area contributed by atoms with E-state index in [4.69, 9.17) is 10.5 Å². The molecule has 1 fully saturated rings. The second-order valence-electron chi connectivity index (χ2n) is 6.62. The van der Waals surface area contributed by atoms with Crippen molar-refractivity contribution in [2.75, 3.05) is 35.7 Å². The molecule has 2 aromatic carbocycles. The predicted molar refractivity (Wildman–Crippen MR) is 113 cm³/mol. The smallest absolute Gasteiger partial charge is 0.339 e. The van der Waals surface area contributed by atoms with Crippen LogP contribution in [0, 0.1) is 0 Å². The molecule has 1 heterocycles. The number of nitrogens with zero attached hydrogens (tertiary/aromatic N) is 1. The summed E-state index contributed by atoms with van der Waals surface area (Å²) in [6.45, 7) is 1.71. The van der Waals surface area contributed by atoms with Crippen LogP contribution in [0.2, 0.25) is 0 Å². The quantitative estimate of drug-likeness (QED) is 0.510. The Hall–Kier alpha value is -3.00. The fraction of sp³-hybridized carbons (Fsp3) is 0.286. The van der Waals surface area contributed by atoms with Gasteiger partial charge >= 0.3 is 5.97 Å². The van der Waals surface area contributed by atoms with Gasteiger partial charge in [-0.2, -0.15) is 0 Å². The van der Waals surface area contributed by atoms with E-state index in [-0.39, 0.29) is 5.75 Å². The fourth-order valence-corrected chi connectivity index (χ4v) is 3.83. The highest BCUT2D eigenvalue weighted by atomic mass is 32.2. The molecule has 0 unspecified atom stereocenters. The van der Waals surface area contributed by atoms with Crippen LogP contribution in [0.1, 0.15) is 23.2 Å². The number of carbonyl (C=O) groups excluding carboxylic acids is 3. The van der Waals surface area contributed by atoms with Gasteiger partial charge in [-0.15, -0.1) is 11.8 Å². The largest absolute Gasteiger partial charge is 0.452 e. The summed E-state index contributed by atoms with van der Waals surface area (Å²) in [5, 5.41) is 2.72. The minimum absolute atomic E-state index is 0.0538. The van der Waals surface area contributed by atoms with Crippen LogP contribution in [0.15, 0.2) is 53.4 Å². The molecule has 3 rings (SSSR count). The summed E-state index contributed by atoms with van der Waals surface area (Å²) in [7, 11) is 0. The molecule has 0 aliphatic carbocycles. The van der Waals surface area contributed by atoms with Gasteiger partial charge in [0.1, 0.15) is 0 Å². The summed E-state index contributed by atoms with van der Waals surface area (Å²) in [6, 6.07) is 14.3. The Morgan fingerprint density at radius 2 is 1.72 bits per heavy atom. The molecule has 7 nitrogen and oxygen atoms in total. The van der Waals surface area contributed by atoms with Crippen molar-refractivity contribution in [2.45, 2.75) is 17.7 Å². The van der Waals surface area contributed by atoms with Crippen molar-refractivity contribution in [2.24, 2.45) is 5.73 Å². The number of hydrogen-bond donors (Lipinski definition) is 2. The minimum Gasteiger partial charge on any atom is -0.452 e. The van der Waals surface area contributed by atoms with Gasteiger partial charge in [0, 0.05) is 29.4 Å². The molecular formula is C21H23N3O4S. The standard InChI is InChI=1S/C21H23N3O4S/c22-19(25)14-29-18-6-2-1-5-17(18)21(27)28-13-20(26)23-15-7-9-16(10-8-15)24-11-3-4-12-24/h1-2,5-10H,3-4,11-14H2,(H2,22,25)(H,23,26). The number of primary amides is 1. The third-order valence-corrected chi connectivity index (χ3v) is 5.53. The fourth-order valence-electron chi connectivity index (χ4n) is 3.05. The van der Waals surface area contributed by atoms with Gasteiger partial charge < -0.3 is 20.7 Å². The SMILES string of the molecule is NC(=O)CSc1ccccc1C(=O)OCC(=O)Nc1ccc(N2CCCC2)cc1. The Morgan fingerprint density at radius 3 is 2.41 bits per heavy atom. The summed E-state index contributed by atoms with van der Waals surface area (Å²) in [5.74, 6) is -1.47. The zero-order valence-corrected chi connectivity index (χ0v) is 16.7. The van der Waals surface area contributed by atoms with Gasteiger partial charge in [0.25, 0.3) is 5.91 Å². The predicted octanol–water partition coefficient (Wildman–Crippen LogP) is 2.66. The lowest BCUT2D eigenvalue weighted by atomic mass is 10.2. The molecule has 0 spiro atoms. The van der Waals surface area contributed by atoms with Crippen molar-refractivity contribution in [3.63, 3.8) is 0 Å². The normalized spacial score (nSPS) is 13.2. The summed E-state index contributed by atoms with van der Waals surface area (Å²) >= 11 is 1.15. The van der Waals surface area contributed by atoms with Crippen LogP contribution in [-0.4, -0.2) is 43.2 Å². The van der Waals surface area contributed by atoms with E-state index in [2.05, 4.69) is 10.2 Å². The third-order valence-electron chi connectivity index (χ3n) is 4.43. The molecule has 1 saturated heterocycles. The maximum Gasteiger partial charge on any atom is 0.339 e. The summed E-state index contributed by atoms with van der Waals surface area (Å²) in [6.07, 6.45) is 2.40. The van der Waals surface area contributed by atoms with Crippen LogP contribution >= 0.6 is 11.8 Å². The second-order valence-corrected chi connectivity index (χ2v) is 7.63. The molecule has 2 aromatic rings. The molecule has 1 aliphatic heterocycles. The average molecular weight is 413 g/mol. The van der Waals surface area contributed by atoms with Crippen molar-refractivity contribution < 1.29 is 19.1 Å². The first-order valence-electron chi connectivity index (χ1n) is 9.35. The zero-order chi connectivity index (χ0) is 20.6. The van der Waals surface area contributed by atoms with E-state index in [0.717, 1.165) is 30.5 Å². The van der Waals surface area contributed by atoms with Crippen molar-refractivity contribution in [1.29, 1.82) is 0 Å². The van der Waals surface area contributed by atoms with Crippen molar-refractivity contribution >= 4 is 40.9 Å². The molecule has 0 radical (unpaired) electrons. The van der Waals surface area contributed by atoms with Crippen LogP contribution in [0.25, 0.3) is 0 Å². The molecule has 3 N–H and O–H groups in total. The molecule has 2 amide bonds. The number of esters is 1. The molecule has 0 aromatic heterocycles. The van der Waals surface area contributed by atoms with Gasteiger partial charge in [-0.1, -0.05) is 12.1 Å². The Balaban J connectivity index is 1.51. The first-order chi connectivity index (χ1) is 14.0. The molecule has 0 saturated carbocycles. The first-order valence-corrected chi connectivity index (χ1v) is 10.3. The summed E-state index contributed by atoms with van der Waals surface area (Å²) in [4.78, 5) is 38.3. The van der Waals surface area contributed by atoms with E-state index in [1.165, 1.54) is 12.8 Å². The van der Waals surface area contributed by atoms with Gasteiger partial charge in [-0.05, 0) is 49.2 Å². The van der Waals surface area contributed by atoms with Gasteiger partial charge in [0.2, 0.25) is 5.91 Å². The van der Waals surface area contributed by atoms with Crippen molar-refractivity contribution in [3.05, 3.63) is 54.1 Å². The van der Waals surface area contributed by atoms with Gasteiger partial charge in [0.05, 0.1) is 11.3 Å². The van der Waals surface area contributed by atoms with E-state index < -0.39 is 24.4 Å². The second kappa shape index (κ2) is 9.97. The Labute approximate surface area is 173 Å². The number of anilines is 2. The number of hydrogen-bond acceptors (Lipinski definition) is 6. The number of benzene rings is 2. The minimum atomic E-state index is -0.628. The number of nitrogens with one attached hydrogen (secondary N) is 1. The topological polar surface area (TPSA) is 102 Å². The molecular weight excluding hydrogens is 390 g/mol. The van der Waals surface area contributed by atoms with E-state index in [0.29, 0.717) is 16.1 Å². The number of nitrogens with two attached hydrogens (primary N) is 1. The van der Waals surface area contributed by atoms with Crippen LogP contribution < -0.4 is 16.0 Å². The van der Waals surface area contributed by atoms with E-state index in [9.17, 15) is 14.4 Å². The van der Waals surface area contributed by atoms with Crippen molar-refractivity contribution in [1.82, 2.24) is 0 Å². The van der Waals surface area contributed by atoms with Crippen LogP contribution in [0.3, 0.4) is 0 Å². The molecule has 0 atom stereocenters. The van der Waals surface area contributed by atoms with Gasteiger partial charge in [0.15, 0.2) is 6.61 Å². The Morgan fingerprint density at radius 1 is 1.03 bits per heavy atom. The monoisotopic (exact) mass is 413 g/mol. The van der Waals surface area contributed by atoms with Crippen LogP contribution in [0.4, 0.5) is 11.4 Å². The van der Waals surface area contributed by atoms with Crippen LogP contribution in [0.5, 0.6) is 0 Å². The summed E-state index contributed by atoms with van der Waals surface area (Å²) in [5.41, 5.74) is 7.23. The number of rotatable bonds is 8. The van der Waals surface area contributed by atoms with Crippen LogP contribution in [-0.2, 0) is 14.3 Å². The van der Waals surface area contributed by atoms with E-state index in [1.807, 2.05) is 24.3 Å². The van der Waals surface area contributed by atoms with E-state index >= 15 is 0 Å². The number of amides is 2. The Kier molecular flexibility index (Phi) is 7.13. The highest BCUT2D eigenvalue weighted by molar-refractivity contribution is 8.00. The Bertz CT molecular complexity index is 880. The third kappa shape index (κ3) is 5.99. The zero-order valence-electron chi connectivity index (χ0n) is 15.9. The van der Waals surface area contributed by atoms with Crippen molar-refractivity contribution in [3.8, 4) is 0 Å². The molecule has 29 heavy (non-hydrogen) atoms. The average Bonchev–Trinajstić information content (AvgIpc) is 3.26. The highest BCUT2D eigenvalue weighted by Gasteiger charge is 2.16. The molecule has 8 heteroatoms. The van der Waals surface area contributed by atoms with Gasteiger partial charge in [-0.3, -0.25) is 9.59 Å². The summed E-state index contributed by atoms with van der Waals surface area (Å²) < 4.78 is 5.13. The maximum atomic E-state index is 12.3. The number of carbonyl (C=O) groups is 3. The molecule has 0 bridgehead atoms. The number of thioether (sulfide) groups is 1. The molecule has 152 valence electrons. The highest BCUT2D eigenvalue weighted by Crippen LogP contribution is 2.24. The first kappa shape index (κ1) is 20.7. The number of ether oxygens (including phenoxy) is 1. The van der Waals surface area contributed by atoms with Gasteiger partial charge in [-0.25, -0.2) is 4.79 Å². The maximum absolute atomic E-state index is 12.3. The lowest BCUT2D eigenvalue weighted by molar-refractivity contribution is -0.119. The lowest BCUT2D eigenvalue weighted by Gasteiger charge is -2.17. The van der Waals surface area contributed by atoms with E-state index in [1.54, 1.807) is 24.3 Å².